The second-order valence-electron chi connectivity index (χ2n) is 17.6. The van der Waals surface area contributed by atoms with Crippen molar-refractivity contribution in [2.45, 2.75) is 96.4 Å². The second-order valence-corrected chi connectivity index (χ2v) is 17.6. The van der Waals surface area contributed by atoms with Gasteiger partial charge in [0.15, 0.2) is 0 Å². The fourth-order valence-corrected chi connectivity index (χ4v) is 7.89. The summed E-state index contributed by atoms with van der Waals surface area (Å²) in [6.45, 7) is 40.7. The van der Waals surface area contributed by atoms with E-state index in [1.807, 2.05) is 71.9 Å². The van der Waals surface area contributed by atoms with E-state index >= 15 is 0 Å². The molecule has 0 N–H and O–H groups in total. The van der Waals surface area contributed by atoms with E-state index in [0.29, 0.717) is 0 Å². The molecular formula is C74H86. The van der Waals surface area contributed by atoms with E-state index in [-0.39, 0.29) is 0 Å². The zero-order valence-electron chi connectivity index (χ0n) is 47.4. The van der Waals surface area contributed by atoms with Gasteiger partial charge in [0, 0.05) is 0 Å². The van der Waals surface area contributed by atoms with Gasteiger partial charge in [-0.3, -0.25) is 0 Å². The van der Waals surface area contributed by atoms with Gasteiger partial charge in [0.2, 0.25) is 0 Å². The average Bonchev–Trinajstić information content (AvgIpc) is 3.45. The predicted molar refractivity (Wildman–Crippen MR) is 335 cm³/mol. The number of allylic oxidation sites excluding steroid dienone is 2. The lowest BCUT2D eigenvalue weighted by molar-refractivity contribution is 1.14. The molecule has 0 heteroatoms. The fourth-order valence-electron chi connectivity index (χ4n) is 7.89. The summed E-state index contributed by atoms with van der Waals surface area (Å²) in [4.78, 5) is 0. The molecular weight excluding hydrogens is 889 g/mol. The first kappa shape index (κ1) is 62.3. The van der Waals surface area contributed by atoms with Gasteiger partial charge in [-0.15, -0.1) is 19.7 Å². The molecule has 0 unspecified atom stereocenters. The highest BCUT2D eigenvalue weighted by atomic mass is 14.2. The van der Waals surface area contributed by atoms with Crippen LogP contribution >= 0.6 is 0 Å². The van der Waals surface area contributed by atoms with Crippen molar-refractivity contribution in [3.8, 4) is 55.6 Å². The molecule has 0 saturated heterocycles. The zero-order valence-corrected chi connectivity index (χ0v) is 47.4. The van der Waals surface area contributed by atoms with E-state index < -0.39 is 0 Å². The molecule has 9 rings (SSSR count). The summed E-state index contributed by atoms with van der Waals surface area (Å²) in [5, 5.41) is 0. The van der Waals surface area contributed by atoms with Gasteiger partial charge in [-0.1, -0.05) is 276 Å². The van der Waals surface area contributed by atoms with Crippen molar-refractivity contribution in [3.05, 3.63) is 295 Å². The van der Waals surface area contributed by atoms with Crippen LogP contribution in [0.3, 0.4) is 0 Å². The minimum absolute atomic E-state index is 1.09. The van der Waals surface area contributed by atoms with Crippen molar-refractivity contribution in [2.75, 3.05) is 0 Å². The standard InChI is InChI=1S/C22H22.C21H18.C14H14.C7H8.C4H8.2C2H6.C2H4/c1-15-9-5-7-11-19(15)21-13-14-22(18(4)17(21)3)20-12-8-6-10-16(20)2;1-16(2)20-13-6-7-14-21(20)19-12-8-11-18(15-19)17-9-4-3-5-10-17;1-2-12-7-6-10-14(11-12)13-8-4-3-5-9-13;1-7-5-3-2-4-6-7;1-4(2)3;3*1-2/h5-14H,1-4H3;3-15H,1H2,2H3;3-11H,2H2,1H3;2-6H,1H3;1H2,2-3H3;2*1-2H3;1-2H2. The molecule has 0 heterocycles. The third kappa shape index (κ3) is 20.4. The van der Waals surface area contributed by atoms with Crippen molar-refractivity contribution >= 4 is 5.57 Å². The molecule has 9 aromatic rings. The Hall–Kier alpha value is -7.80. The van der Waals surface area contributed by atoms with Crippen molar-refractivity contribution < 1.29 is 0 Å². The first-order valence-electron chi connectivity index (χ1n) is 26.3. The Labute approximate surface area is 450 Å². The Morgan fingerprint density at radius 3 is 1.07 bits per heavy atom. The summed E-state index contributed by atoms with van der Waals surface area (Å²) in [5.41, 5.74) is 24.5. The van der Waals surface area contributed by atoms with Gasteiger partial charge in [0.25, 0.3) is 0 Å². The highest BCUT2D eigenvalue weighted by Gasteiger charge is 2.12. The number of hydrogen-bond acceptors (Lipinski definition) is 0. The third-order valence-electron chi connectivity index (χ3n) is 11.7. The molecule has 0 saturated carbocycles. The SMILES string of the molecule is C=C.C=C(C)C.C=C(C)c1ccccc1-c1cccc(-c2ccccc2)c1.CC.CC.CCc1cccc(-c2ccccc2)c1.Cc1ccccc1.Cc1ccccc1-c1ccc(-c2ccccc2C)c(C)c1C. The van der Waals surface area contributed by atoms with Crippen LogP contribution in [0.4, 0.5) is 0 Å². The molecule has 382 valence electrons. The topological polar surface area (TPSA) is 0 Å². The Morgan fingerprint density at radius 1 is 0.338 bits per heavy atom. The zero-order chi connectivity index (χ0) is 54.8. The number of rotatable bonds is 7. The quantitative estimate of drug-likeness (QED) is 0.140. The van der Waals surface area contributed by atoms with Crippen LogP contribution in [0.1, 0.15) is 94.3 Å². The molecule has 0 aromatic heterocycles. The normalized spacial score (nSPS) is 9.42. The van der Waals surface area contributed by atoms with Crippen LogP contribution in [0, 0.1) is 34.6 Å². The monoisotopic (exact) mass is 975 g/mol. The predicted octanol–water partition coefficient (Wildman–Crippen LogP) is 22.7. The molecule has 0 aliphatic carbocycles. The average molecular weight is 976 g/mol. The van der Waals surface area contributed by atoms with Crippen molar-refractivity contribution in [1.82, 2.24) is 0 Å². The van der Waals surface area contributed by atoms with Crippen LogP contribution < -0.4 is 0 Å². The van der Waals surface area contributed by atoms with Crippen molar-refractivity contribution in [3.63, 3.8) is 0 Å². The summed E-state index contributed by atoms with van der Waals surface area (Å²) >= 11 is 0. The van der Waals surface area contributed by atoms with E-state index in [0.717, 1.165) is 12.0 Å². The van der Waals surface area contributed by atoms with E-state index in [4.69, 9.17) is 0 Å². The highest BCUT2D eigenvalue weighted by Crippen LogP contribution is 2.35. The molecule has 0 atom stereocenters. The summed E-state index contributed by atoms with van der Waals surface area (Å²) in [7, 11) is 0. The summed E-state index contributed by atoms with van der Waals surface area (Å²) in [6.07, 6.45) is 1.10. The molecule has 0 nitrogen and oxygen atoms in total. The number of benzene rings is 9. The lowest BCUT2D eigenvalue weighted by atomic mass is 9.88. The van der Waals surface area contributed by atoms with Gasteiger partial charge >= 0.3 is 0 Å². The lowest BCUT2D eigenvalue weighted by Crippen LogP contribution is -1.94. The minimum Gasteiger partial charge on any atom is -0.106 e. The van der Waals surface area contributed by atoms with E-state index in [2.05, 4.69) is 269 Å². The highest BCUT2D eigenvalue weighted by molar-refractivity contribution is 5.82. The van der Waals surface area contributed by atoms with Crippen LogP contribution in [-0.2, 0) is 6.42 Å². The molecule has 0 fully saturated rings. The molecule has 74 heavy (non-hydrogen) atoms. The first-order valence-corrected chi connectivity index (χ1v) is 26.3. The van der Waals surface area contributed by atoms with Crippen LogP contribution in [0.15, 0.2) is 256 Å². The minimum atomic E-state index is 1.09. The molecule has 0 radical (unpaired) electrons. The molecule has 0 bridgehead atoms. The van der Waals surface area contributed by atoms with Crippen LogP contribution in [0.25, 0.3) is 61.2 Å². The maximum Gasteiger partial charge on any atom is -0.0109 e. The Balaban J connectivity index is 0.000000334. The smallest absolute Gasteiger partial charge is 0.0109 e. The molecule has 0 amide bonds. The van der Waals surface area contributed by atoms with Crippen molar-refractivity contribution in [1.29, 1.82) is 0 Å². The Kier molecular flexibility index (Phi) is 29.8. The molecule has 0 aliphatic heterocycles. The van der Waals surface area contributed by atoms with Crippen molar-refractivity contribution in [2.24, 2.45) is 0 Å². The Bertz CT molecular complexity index is 2910. The maximum absolute atomic E-state index is 4.09. The number of hydrogen-bond donors (Lipinski definition) is 0. The van der Waals surface area contributed by atoms with Gasteiger partial charge in [0.1, 0.15) is 0 Å². The Morgan fingerprint density at radius 2 is 0.676 bits per heavy atom. The van der Waals surface area contributed by atoms with E-state index in [9.17, 15) is 0 Å². The second kappa shape index (κ2) is 35.3. The first-order chi connectivity index (χ1) is 35.9. The molecule has 0 spiro atoms. The van der Waals surface area contributed by atoms with Gasteiger partial charge in [-0.05, 0) is 157 Å². The van der Waals surface area contributed by atoms with Gasteiger partial charge < -0.3 is 0 Å². The maximum atomic E-state index is 4.09. The van der Waals surface area contributed by atoms with E-state index in [1.54, 1.807) is 0 Å². The molecule has 0 aliphatic rings. The van der Waals surface area contributed by atoms with Gasteiger partial charge in [0.05, 0.1) is 0 Å². The summed E-state index contributed by atoms with van der Waals surface area (Å²) in [6, 6.07) is 78.8. The largest absolute Gasteiger partial charge is 0.106 e. The van der Waals surface area contributed by atoms with Gasteiger partial charge in [-0.2, -0.15) is 0 Å². The van der Waals surface area contributed by atoms with Crippen LogP contribution in [0.5, 0.6) is 0 Å². The lowest BCUT2D eigenvalue weighted by Gasteiger charge is -2.16. The fraction of sp³-hybridized carbons (Fsp3) is 0.189. The number of aryl methyl sites for hydroxylation is 4. The molecule has 9 aromatic carbocycles. The summed E-state index contributed by atoms with van der Waals surface area (Å²) in [5.74, 6) is 0. The van der Waals surface area contributed by atoms with Crippen LogP contribution in [0.2, 0.25) is 0 Å². The van der Waals surface area contributed by atoms with E-state index in [1.165, 1.54) is 100 Å². The third-order valence-corrected chi connectivity index (χ3v) is 11.7. The van der Waals surface area contributed by atoms with Gasteiger partial charge in [-0.25, -0.2) is 0 Å². The summed E-state index contributed by atoms with van der Waals surface area (Å²) < 4.78 is 0. The van der Waals surface area contributed by atoms with Crippen LogP contribution in [-0.4, -0.2) is 0 Å².